The molecule has 12 heteroatoms. The summed E-state index contributed by atoms with van der Waals surface area (Å²) in [7, 11) is 0. The van der Waals surface area contributed by atoms with Gasteiger partial charge in [-0.25, -0.2) is 9.78 Å². The molecule has 2 aromatic heterocycles. The highest BCUT2D eigenvalue weighted by atomic mass is 16.4. The zero-order chi connectivity index (χ0) is 21.3. The molecule has 3 aromatic rings. The van der Waals surface area contributed by atoms with Crippen molar-refractivity contribution in [1.29, 1.82) is 0 Å². The van der Waals surface area contributed by atoms with E-state index in [0.717, 1.165) is 4.57 Å². The second-order valence-electron chi connectivity index (χ2n) is 6.34. The molecule has 12 nitrogen and oxygen atoms in total. The summed E-state index contributed by atoms with van der Waals surface area (Å²) in [6.45, 7) is -1.46. The molecule has 0 aliphatic heterocycles. The van der Waals surface area contributed by atoms with Crippen LogP contribution in [0.4, 0.5) is 0 Å². The molecule has 1 aromatic carbocycles. The summed E-state index contributed by atoms with van der Waals surface area (Å²) in [5, 5.41) is 47.9. The summed E-state index contributed by atoms with van der Waals surface area (Å²) in [5.41, 5.74) is -3.18. The number of aliphatic hydroxyl groups is 4. The van der Waals surface area contributed by atoms with Crippen molar-refractivity contribution in [3.8, 4) is 17.0 Å². The Morgan fingerprint density at radius 2 is 1.66 bits per heavy atom. The molecular weight excluding hydrogens is 388 g/mol. The van der Waals surface area contributed by atoms with Crippen molar-refractivity contribution in [3.63, 3.8) is 0 Å². The monoisotopic (exact) mass is 406 g/mol. The molecule has 0 bridgehead atoms. The third-order valence-corrected chi connectivity index (χ3v) is 4.33. The molecule has 0 spiro atoms. The van der Waals surface area contributed by atoms with Crippen molar-refractivity contribution in [2.45, 2.75) is 24.9 Å². The Hall–Kier alpha value is -3.32. The highest BCUT2D eigenvalue weighted by Gasteiger charge is 2.26. The fourth-order valence-corrected chi connectivity index (χ4v) is 2.80. The maximum Gasteiger partial charge on any atom is 0.327 e. The van der Waals surface area contributed by atoms with Gasteiger partial charge in [-0.2, -0.15) is 0 Å². The normalized spacial score (nSPS) is 14.6. The van der Waals surface area contributed by atoms with Crippen LogP contribution in [0.1, 0.15) is 0 Å². The minimum Gasteiger partial charge on any atom is -0.508 e. The third kappa shape index (κ3) is 3.95. The molecule has 0 radical (unpaired) electrons. The number of aromatic hydroxyl groups is 1. The fraction of sp³-hybridized carbons (Fsp3) is 0.294. The molecule has 2 heterocycles. The maximum atomic E-state index is 13.0. The second-order valence-corrected chi connectivity index (χ2v) is 6.34. The molecule has 0 amide bonds. The number of aromatic amines is 2. The number of hydrogen-bond donors (Lipinski definition) is 7. The number of nitrogens with zero attached hydrogens (tertiary/aromatic N) is 2. The van der Waals surface area contributed by atoms with Crippen LogP contribution in [0.15, 0.2) is 38.6 Å². The quantitative estimate of drug-likeness (QED) is 0.226. The van der Waals surface area contributed by atoms with Gasteiger partial charge in [-0.1, -0.05) is 0 Å². The Kier molecular flexibility index (Phi) is 5.61. The smallest absolute Gasteiger partial charge is 0.327 e. The van der Waals surface area contributed by atoms with E-state index in [9.17, 15) is 34.8 Å². The fourth-order valence-electron chi connectivity index (χ4n) is 2.80. The molecule has 3 rings (SSSR count). The third-order valence-electron chi connectivity index (χ3n) is 4.33. The molecule has 0 aliphatic rings. The summed E-state index contributed by atoms with van der Waals surface area (Å²) in [5.74, 6) is -0.0615. The van der Waals surface area contributed by atoms with E-state index in [1.54, 1.807) is 0 Å². The van der Waals surface area contributed by atoms with E-state index in [0.29, 0.717) is 0 Å². The lowest BCUT2D eigenvalue weighted by atomic mass is 10.1. The standard InChI is InChI=1S/C17H18N4O8/c22-6-10(25)13(26)9(24)5-21-14-12(15(27)20-17(29)19-14)18-11(16(21)28)7-1-3-8(23)4-2-7/h1-4,9-10,13,22-26H,5-6H2,(H2,19,20,27,29)/t9-,10+,13-/m0/s1. The van der Waals surface area contributed by atoms with Gasteiger partial charge in [0, 0.05) is 5.56 Å². The highest BCUT2D eigenvalue weighted by Crippen LogP contribution is 2.18. The molecule has 0 saturated heterocycles. The van der Waals surface area contributed by atoms with Crippen LogP contribution in [0.25, 0.3) is 22.4 Å². The zero-order valence-electron chi connectivity index (χ0n) is 14.8. The molecule has 0 saturated carbocycles. The number of aliphatic hydroxyl groups excluding tert-OH is 4. The van der Waals surface area contributed by atoms with Gasteiger partial charge >= 0.3 is 5.69 Å². The van der Waals surface area contributed by atoms with Crippen molar-refractivity contribution in [2.75, 3.05) is 6.61 Å². The number of aromatic nitrogens is 4. The van der Waals surface area contributed by atoms with E-state index in [1.807, 2.05) is 4.98 Å². The lowest BCUT2D eigenvalue weighted by Crippen LogP contribution is -2.44. The number of fused-ring (bicyclic) bond motifs is 1. The van der Waals surface area contributed by atoms with Crippen LogP contribution in [0.2, 0.25) is 0 Å². The summed E-state index contributed by atoms with van der Waals surface area (Å²) in [6, 6.07) is 5.38. The molecule has 0 fully saturated rings. The van der Waals surface area contributed by atoms with Crippen LogP contribution >= 0.6 is 0 Å². The van der Waals surface area contributed by atoms with Crippen LogP contribution in [-0.4, -0.2) is 70.0 Å². The van der Waals surface area contributed by atoms with Crippen molar-refractivity contribution >= 4 is 11.2 Å². The Morgan fingerprint density at radius 1 is 1.00 bits per heavy atom. The SMILES string of the molecule is O=c1[nH]c(=O)c2nc(-c3ccc(O)cc3)c(=O)n(C[C@H](O)[C@H](O)[C@H](O)CO)c2[nH]1. The molecule has 154 valence electrons. The van der Waals surface area contributed by atoms with E-state index >= 15 is 0 Å². The Bertz CT molecular complexity index is 1200. The lowest BCUT2D eigenvalue weighted by molar-refractivity contribution is -0.0805. The molecule has 29 heavy (non-hydrogen) atoms. The second kappa shape index (κ2) is 7.97. The summed E-state index contributed by atoms with van der Waals surface area (Å²) in [6.07, 6.45) is -5.20. The van der Waals surface area contributed by atoms with Crippen LogP contribution in [0.5, 0.6) is 5.75 Å². The minimum absolute atomic E-state index is 0.0615. The van der Waals surface area contributed by atoms with E-state index in [1.165, 1.54) is 24.3 Å². The average molecular weight is 406 g/mol. The van der Waals surface area contributed by atoms with E-state index < -0.39 is 48.3 Å². The largest absolute Gasteiger partial charge is 0.508 e. The van der Waals surface area contributed by atoms with Gasteiger partial charge in [0.2, 0.25) is 0 Å². The first kappa shape index (κ1) is 20.4. The molecule has 0 unspecified atom stereocenters. The summed E-state index contributed by atoms with van der Waals surface area (Å²) < 4.78 is 0.832. The first-order valence-corrected chi connectivity index (χ1v) is 8.44. The van der Waals surface area contributed by atoms with Gasteiger partial charge < -0.3 is 25.5 Å². The number of nitrogens with one attached hydrogen (secondary N) is 2. The molecule has 0 aliphatic carbocycles. The van der Waals surface area contributed by atoms with Gasteiger partial charge in [0.15, 0.2) is 5.52 Å². The van der Waals surface area contributed by atoms with Gasteiger partial charge in [-0.05, 0) is 24.3 Å². The number of rotatable bonds is 6. The van der Waals surface area contributed by atoms with Crippen molar-refractivity contribution in [2.24, 2.45) is 0 Å². The van der Waals surface area contributed by atoms with Gasteiger partial charge in [0.1, 0.15) is 35.4 Å². The number of H-pyrrole nitrogens is 2. The van der Waals surface area contributed by atoms with E-state index in [2.05, 4.69) is 9.97 Å². The van der Waals surface area contributed by atoms with Crippen LogP contribution in [0.3, 0.4) is 0 Å². The Balaban J connectivity index is 2.24. The van der Waals surface area contributed by atoms with Gasteiger partial charge in [0.05, 0.1) is 13.2 Å². The van der Waals surface area contributed by atoms with Crippen LogP contribution < -0.4 is 16.8 Å². The van der Waals surface area contributed by atoms with E-state index in [4.69, 9.17) is 5.11 Å². The number of phenolic OH excluding ortho intramolecular Hbond substituents is 1. The zero-order valence-corrected chi connectivity index (χ0v) is 14.8. The maximum absolute atomic E-state index is 13.0. The predicted octanol–water partition coefficient (Wildman–Crippen LogP) is -2.78. The number of hydrogen-bond acceptors (Lipinski definition) is 9. The molecule has 7 N–H and O–H groups in total. The minimum atomic E-state index is -1.80. The number of benzene rings is 1. The predicted molar refractivity (Wildman–Crippen MR) is 99.5 cm³/mol. The van der Waals surface area contributed by atoms with Crippen molar-refractivity contribution < 1.29 is 25.5 Å². The van der Waals surface area contributed by atoms with Crippen molar-refractivity contribution in [3.05, 3.63) is 55.5 Å². The molecule has 3 atom stereocenters. The van der Waals surface area contributed by atoms with Gasteiger partial charge in [-0.15, -0.1) is 0 Å². The van der Waals surface area contributed by atoms with Crippen LogP contribution in [-0.2, 0) is 6.54 Å². The van der Waals surface area contributed by atoms with Gasteiger partial charge in [-0.3, -0.25) is 24.1 Å². The first-order chi connectivity index (χ1) is 13.7. The topological polar surface area (TPSA) is 202 Å². The number of phenols is 1. The van der Waals surface area contributed by atoms with Gasteiger partial charge in [0.25, 0.3) is 11.1 Å². The Morgan fingerprint density at radius 3 is 2.28 bits per heavy atom. The van der Waals surface area contributed by atoms with Crippen LogP contribution in [0, 0.1) is 0 Å². The van der Waals surface area contributed by atoms with E-state index in [-0.39, 0.29) is 28.2 Å². The summed E-state index contributed by atoms with van der Waals surface area (Å²) >= 11 is 0. The highest BCUT2D eigenvalue weighted by molar-refractivity contribution is 5.73. The first-order valence-electron chi connectivity index (χ1n) is 8.44. The summed E-state index contributed by atoms with van der Waals surface area (Å²) in [4.78, 5) is 45.1. The average Bonchev–Trinajstić information content (AvgIpc) is 2.69. The lowest BCUT2D eigenvalue weighted by Gasteiger charge is -2.22. The molecular formula is C17H18N4O8. The Labute approximate surface area is 161 Å². The van der Waals surface area contributed by atoms with Crippen molar-refractivity contribution in [1.82, 2.24) is 19.5 Å².